The summed E-state index contributed by atoms with van der Waals surface area (Å²) in [4.78, 5) is 16.1. The van der Waals surface area contributed by atoms with Gasteiger partial charge < -0.3 is 33.9 Å². The van der Waals surface area contributed by atoms with Crippen molar-refractivity contribution in [2.75, 3.05) is 60.7 Å². The van der Waals surface area contributed by atoms with E-state index >= 15 is 0 Å². The number of nitrogens with one attached hydrogen (secondary N) is 1. The molecule has 0 bridgehead atoms. The van der Waals surface area contributed by atoms with Gasteiger partial charge in [0.05, 0.1) is 47.5 Å². The van der Waals surface area contributed by atoms with E-state index in [2.05, 4.69) is 0 Å². The molecule has 0 aromatic heterocycles. The van der Waals surface area contributed by atoms with Crippen molar-refractivity contribution in [1.82, 2.24) is 4.90 Å². The van der Waals surface area contributed by atoms with Crippen molar-refractivity contribution >= 4 is 5.91 Å². The molecule has 2 N–H and O–H groups in total. The molecule has 168 valence electrons. The molecule has 31 heavy (non-hydrogen) atoms. The van der Waals surface area contributed by atoms with Crippen LogP contribution in [0.3, 0.4) is 0 Å². The topological polar surface area (TPSA) is 81.9 Å². The van der Waals surface area contributed by atoms with Crippen LogP contribution in [-0.4, -0.2) is 82.7 Å². The zero-order chi connectivity index (χ0) is 22.2. The van der Waals surface area contributed by atoms with Crippen LogP contribution in [0.15, 0.2) is 42.5 Å². The number of methoxy groups -OCH3 is 3. The lowest BCUT2D eigenvalue weighted by Crippen LogP contribution is -3.16. The van der Waals surface area contributed by atoms with Gasteiger partial charge >= 0.3 is 0 Å². The smallest absolute Gasteiger partial charge is 0.254 e. The number of hydrogen-bond donors (Lipinski definition) is 2. The minimum Gasteiger partial charge on any atom is -0.493 e. The second-order valence-corrected chi connectivity index (χ2v) is 7.44. The van der Waals surface area contributed by atoms with Crippen LogP contribution in [0.5, 0.6) is 23.0 Å². The van der Waals surface area contributed by atoms with Crippen molar-refractivity contribution in [2.24, 2.45) is 0 Å². The minimum absolute atomic E-state index is 0.0775. The van der Waals surface area contributed by atoms with Crippen LogP contribution in [-0.2, 0) is 0 Å². The number of amides is 1. The summed E-state index contributed by atoms with van der Waals surface area (Å²) in [6.07, 6.45) is -0.562. The van der Waals surface area contributed by atoms with E-state index in [4.69, 9.17) is 18.9 Å². The third kappa shape index (κ3) is 5.80. The molecule has 1 heterocycles. The molecule has 0 aliphatic carbocycles. The second kappa shape index (κ2) is 10.9. The molecule has 1 atom stereocenters. The molecule has 1 aliphatic rings. The first kappa shape index (κ1) is 22.7. The Morgan fingerprint density at radius 3 is 2.19 bits per heavy atom. The molecule has 3 rings (SSSR count). The number of hydrogen-bond acceptors (Lipinski definition) is 6. The van der Waals surface area contributed by atoms with Gasteiger partial charge in [-0.15, -0.1) is 0 Å². The predicted molar refractivity (Wildman–Crippen MR) is 116 cm³/mol. The summed E-state index contributed by atoms with van der Waals surface area (Å²) in [7, 11) is 4.59. The van der Waals surface area contributed by atoms with Crippen molar-refractivity contribution in [3.8, 4) is 23.0 Å². The number of rotatable bonds is 9. The van der Waals surface area contributed by atoms with Crippen molar-refractivity contribution in [2.45, 2.75) is 6.10 Å². The van der Waals surface area contributed by atoms with E-state index in [1.165, 1.54) is 26.2 Å². The second-order valence-electron chi connectivity index (χ2n) is 7.44. The van der Waals surface area contributed by atoms with Crippen LogP contribution < -0.4 is 23.8 Å². The molecular weight excluding hydrogens is 400 g/mol. The molecule has 1 amide bonds. The summed E-state index contributed by atoms with van der Waals surface area (Å²) in [6.45, 7) is 3.58. The van der Waals surface area contributed by atoms with Gasteiger partial charge in [-0.1, -0.05) is 18.2 Å². The van der Waals surface area contributed by atoms with Gasteiger partial charge in [0.1, 0.15) is 25.0 Å². The fourth-order valence-electron chi connectivity index (χ4n) is 3.72. The van der Waals surface area contributed by atoms with Gasteiger partial charge in [-0.3, -0.25) is 4.79 Å². The molecule has 1 aliphatic heterocycles. The van der Waals surface area contributed by atoms with Crippen LogP contribution in [0.2, 0.25) is 0 Å². The number of carbonyl (C=O) groups excluding carboxylic acids is 1. The lowest BCUT2D eigenvalue weighted by atomic mass is 10.1. The Labute approximate surface area is 182 Å². The first-order chi connectivity index (χ1) is 15.0. The van der Waals surface area contributed by atoms with E-state index in [9.17, 15) is 9.90 Å². The molecule has 0 spiro atoms. The van der Waals surface area contributed by atoms with E-state index < -0.39 is 6.10 Å². The zero-order valence-electron chi connectivity index (χ0n) is 18.3. The molecule has 1 fully saturated rings. The van der Waals surface area contributed by atoms with Gasteiger partial charge in [-0.05, 0) is 24.3 Å². The molecule has 0 saturated carbocycles. The SMILES string of the molecule is COc1cc(C(=O)N2CC[NH+](CC(O)COc3ccccc3)CC2)cc(OC)c1OC. The van der Waals surface area contributed by atoms with Crippen molar-refractivity contribution < 1.29 is 33.7 Å². The van der Waals surface area contributed by atoms with E-state index in [0.29, 0.717) is 42.4 Å². The monoisotopic (exact) mass is 431 g/mol. The summed E-state index contributed by atoms with van der Waals surface area (Å²) in [5, 5.41) is 10.3. The number of carbonyl (C=O) groups is 1. The molecule has 2 aromatic carbocycles. The quantitative estimate of drug-likeness (QED) is 0.602. The molecule has 1 unspecified atom stereocenters. The number of aliphatic hydroxyl groups is 1. The van der Waals surface area contributed by atoms with Gasteiger partial charge in [0.15, 0.2) is 11.5 Å². The molecule has 1 saturated heterocycles. The summed E-state index contributed by atoms with van der Waals surface area (Å²) < 4.78 is 21.7. The number of para-hydroxylation sites is 1. The molecule has 8 nitrogen and oxygen atoms in total. The lowest BCUT2D eigenvalue weighted by Gasteiger charge is -2.33. The Hall–Kier alpha value is -2.97. The fourth-order valence-corrected chi connectivity index (χ4v) is 3.72. The summed E-state index contributed by atoms with van der Waals surface area (Å²) in [5.74, 6) is 2.04. The molecule has 8 heteroatoms. The van der Waals surface area contributed by atoms with Crippen LogP contribution in [0.25, 0.3) is 0 Å². The summed E-state index contributed by atoms with van der Waals surface area (Å²) in [5.41, 5.74) is 0.495. The van der Waals surface area contributed by atoms with Crippen molar-refractivity contribution in [3.63, 3.8) is 0 Å². The maximum absolute atomic E-state index is 13.0. The average Bonchev–Trinajstić information content (AvgIpc) is 2.82. The van der Waals surface area contributed by atoms with E-state index in [1.54, 1.807) is 12.1 Å². The highest BCUT2D eigenvalue weighted by molar-refractivity contribution is 5.95. The maximum Gasteiger partial charge on any atom is 0.254 e. The van der Waals surface area contributed by atoms with E-state index in [1.807, 2.05) is 35.2 Å². The molecular formula is C23H31N2O6+. The Bertz CT molecular complexity index is 827. The number of piperazine rings is 1. The average molecular weight is 432 g/mol. The van der Waals surface area contributed by atoms with Crippen molar-refractivity contribution in [3.05, 3.63) is 48.0 Å². The van der Waals surface area contributed by atoms with Crippen molar-refractivity contribution in [1.29, 1.82) is 0 Å². The zero-order valence-corrected chi connectivity index (χ0v) is 18.3. The van der Waals surface area contributed by atoms with Gasteiger partial charge in [-0.2, -0.15) is 0 Å². The number of aliphatic hydroxyl groups excluding tert-OH is 1. The Morgan fingerprint density at radius 1 is 1.03 bits per heavy atom. The third-order valence-corrected chi connectivity index (χ3v) is 5.38. The predicted octanol–water partition coefficient (Wildman–Crippen LogP) is 0.493. The fraction of sp³-hybridized carbons (Fsp3) is 0.435. The van der Waals surface area contributed by atoms with Gasteiger partial charge in [0.25, 0.3) is 5.91 Å². The Kier molecular flexibility index (Phi) is 7.97. The highest BCUT2D eigenvalue weighted by Gasteiger charge is 2.27. The van der Waals surface area contributed by atoms with Crippen LogP contribution in [0.1, 0.15) is 10.4 Å². The summed E-state index contributed by atoms with van der Waals surface area (Å²) in [6, 6.07) is 12.8. The lowest BCUT2D eigenvalue weighted by molar-refractivity contribution is -0.907. The van der Waals surface area contributed by atoms with Gasteiger partial charge in [0.2, 0.25) is 5.75 Å². The number of benzene rings is 2. The van der Waals surface area contributed by atoms with Gasteiger partial charge in [-0.25, -0.2) is 0 Å². The number of quaternary nitrogens is 1. The standard InChI is InChI=1S/C23H30N2O6/c1-28-20-13-17(14-21(29-2)22(20)30-3)23(27)25-11-9-24(10-12-25)15-18(26)16-31-19-7-5-4-6-8-19/h4-8,13-14,18,26H,9-12,15-16H2,1-3H3/p+1. The normalized spacial score (nSPS) is 15.3. The largest absolute Gasteiger partial charge is 0.493 e. The molecule has 0 radical (unpaired) electrons. The molecule has 2 aromatic rings. The Balaban J connectivity index is 1.52. The van der Waals surface area contributed by atoms with E-state index in [-0.39, 0.29) is 12.5 Å². The van der Waals surface area contributed by atoms with E-state index in [0.717, 1.165) is 18.8 Å². The van der Waals surface area contributed by atoms with Crippen LogP contribution in [0, 0.1) is 0 Å². The maximum atomic E-state index is 13.0. The Morgan fingerprint density at radius 2 is 1.65 bits per heavy atom. The van der Waals surface area contributed by atoms with Crippen LogP contribution >= 0.6 is 0 Å². The number of ether oxygens (including phenoxy) is 4. The highest BCUT2D eigenvalue weighted by atomic mass is 16.5. The highest BCUT2D eigenvalue weighted by Crippen LogP contribution is 2.38. The van der Waals surface area contributed by atoms with Gasteiger partial charge in [0, 0.05) is 5.56 Å². The first-order valence-corrected chi connectivity index (χ1v) is 10.3. The third-order valence-electron chi connectivity index (χ3n) is 5.38. The first-order valence-electron chi connectivity index (χ1n) is 10.3. The number of nitrogens with zero attached hydrogens (tertiary/aromatic N) is 1. The van der Waals surface area contributed by atoms with Crippen LogP contribution in [0.4, 0.5) is 0 Å². The summed E-state index contributed by atoms with van der Waals surface area (Å²) >= 11 is 0. The minimum atomic E-state index is -0.562.